The average molecular weight is 531 g/mol. The molecule has 0 saturated carbocycles. The fourth-order valence-electron chi connectivity index (χ4n) is 5.11. The molecule has 0 bridgehead atoms. The van der Waals surface area contributed by atoms with E-state index in [1.165, 1.54) is 16.8 Å². The van der Waals surface area contributed by atoms with Crippen molar-refractivity contribution in [1.82, 2.24) is 9.80 Å². The molecule has 2 aromatic carbocycles. The lowest BCUT2D eigenvalue weighted by Crippen LogP contribution is -2.52. The Morgan fingerprint density at radius 2 is 1.92 bits per heavy atom. The van der Waals surface area contributed by atoms with Gasteiger partial charge in [-0.3, -0.25) is 14.4 Å². The van der Waals surface area contributed by atoms with Gasteiger partial charge >= 0.3 is 0 Å². The van der Waals surface area contributed by atoms with E-state index in [1.54, 1.807) is 6.07 Å². The number of amides is 3. The van der Waals surface area contributed by atoms with Crippen LogP contribution in [0.5, 0.6) is 0 Å². The zero-order chi connectivity index (χ0) is 26.4. The Kier molecular flexibility index (Phi) is 7.00. The van der Waals surface area contributed by atoms with E-state index < -0.39 is 35.1 Å². The Labute approximate surface area is 218 Å². The van der Waals surface area contributed by atoms with Gasteiger partial charge in [0.1, 0.15) is 17.9 Å². The summed E-state index contributed by atoms with van der Waals surface area (Å²) in [6, 6.07) is 9.57. The van der Waals surface area contributed by atoms with E-state index in [0.29, 0.717) is 12.1 Å². The number of nitriles is 1. The number of carbonyl (C=O) groups excluding carboxylic acids is 3. The van der Waals surface area contributed by atoms with Crippen molar-refractivity contribution >= 4 is 46.6 Å². The third kappa shape index (κ3) is 4.31. The van der Waals surface area contributed by atoms with Crippen molar-refractivity contribution in [1.29, 1.82) is 5.26 Å². The van der Waals surface area contributed by atoms with Crippen molar-refractivity contribution in [3.05, 3.63) is 63.4 Å². The number of benzene rings is 2. The van der Waals surface area contributed by atoms with Crippen molar-refractivity contribution in [2.24, 2.45) is 5.92 Å². The van der Waals surface area contributed by atoms with Crippen LogP contribution in [-0.4, -0.2) is 53.2 Å². The number of likely N-dealkylation sites (tertiary alicyclic amines) is 1. The number of nitrogens with one attached hydrogen (secondary N) is 1. The molecule has 7 nitrogen and oxygen atoms in total. The van der Waals surface area contributed by atoms with Crippen LogP contribution in [0, 0.1) is 23.1 Å². The smallest absolute Gasteiger partial charge is 0.257 e. The van der Waals surface area contributed by atoms with Crippen LogP contribution in [-0.2, 0) is 15.0 Å². The minimum Gasteiger partial charge on any atom is -0.330 e. The van der Waals surface area contributed by atoms with Crippen molar-refractivity contribution in [2.75, 3.05) is 18.9 Å². The van der Waals surface area contributed by atoms with E-state index in [1.807, 2.05) is 32.0 Å². The molecule has 2 aromatic rings. The Balaban J connectivity index is 1.68. The van der Waals surface area contributed by atoms with Gasteiger partial charge in [-0.05, 0) is 36.1 Å². The summed E-state index contributed by atoms with van der Waals surface area (Å²) in [7, 11) is 1.45. The summed E-state index contributed by atoms with van der Waals surface area (Å²) >= 11 is 12.3. The maximum absolute atomic E-state index is 13.9. The first-order chi connectivity index (χ1) is 17.0. The zero-order valence-corrected chi connectivity index (χ0v) is 21.5. The number of nitrogens with zero attached hydrogens (tertiary/aromatic N) is 3. The SMILES string of the molecule is CC(C)C[C@@H](C(=O)N1C[C@]2(C[C@H]1C#N)C(=O)Nc1ccccc12)N(C)C(=O)c1c(Cl)cc(F)cc1Cl. The number of carbonyl (C=O) groups is 3. The zero-order valence-electron chi connectivity index (χ0n) is 20.0. The van der Waals surface area contributed by atoms with Gasteiger partial charge in [-0.15, -0.1) is 0 Å². The van der Waals surface area contributed by atoms with Gasteiger partial charge < -0.3 is 15.1 Å². The van der Waals surface area contributed by atoms with Gasteiger partial charge in [-0.2, -0.15) is 5.26 Å². The van der Waals surface area contributed by atoms with Crippen LogP contribution < -0.4 is 5.32 Å². The molecule has 1 saturated heterocycles. The summed E-state index contributed by atoms with van der Waals surface area (Å²) in [6.07, 6.45) is 0.446. The molecule has 10 heteroatoms. The van der Waals surface area contributed by atoms with E-state index in [4.69, 9.17) is 23.2 Å². The van der Waals surface area contributed by atoms with Gasteiger partial charge in [0, 0.05) is 25.7 Å². The monoisotopic (exact) mass is 530 g/mol. The van der Waals surface area contributed by atoms with Gasteiger partial charge in [-0.1, -0.05) is 55.2 Å². The molecule has 3 amide bonds. The summed E-state index contributed by atoms with van der Waals surface area (Å²) in [5.74, 6) is -2.02. The van der Waals surface area contributed by atoms with Gasteiger partial charge in [0.15, 0.2) is 0 Å². The molecule has 0 unspecified atom stereocenters. The molecule has 2 aliphatic heterocycles. The lowest BCUT2D eigenvalue weighted by Gasteiger charge is -2.33. The molecule has 2 aliphatic rings. The van der Waals surface area contributed by atoms with Crippen molar-refractivity contribution in [2.45, 2.75) is 44.2 Å². The second kappa shape index (κ2) is 9.72. The molecule has 2 heterocycles. The third-order valence-electron chi connectivity index (χ3n) is 6.90. The molecule has 1 spiro atoms. The molecule has 4 rings (SSSR count). The van der Waals surface area contributed by atoms with E-state index in [-0.39, 0.29) is 40.4 Å². The first-order valence-corrected chi connectivity index (χ1v) is 12.3. The van der Waals surface area contributed by atoms with Gasteiger partial charge in [-0.25, -0.2) is 4.39 Å². The standard InChI is InChI=1S/C26H25Cl2FN4O3/c1-14(2)8-21(32(3)24(35)22-18(27)9-15(29)10-19(22)28)23(34)33-13-26(11-16(33)12-30)17-6-4-5-7-20(17)31-25(26)36/h4-7,9-10,14,16,21H,8,11,13H2,1-3H3,(H,31,36)/t16-,21-,26-/m0/s1. The number of fused-ring (bicyclic) bond motifs is 2. The largest absolute Gasteiger partial charge is 0.330 e. The van der Waals surface area contributed by atoms with E-state index >= 15 is 0 Å². The van der Waals surface area contributed by atoms with Crippen LogP contribution in [0.1, 0.15) is 42.6 Å². The summed E-state index contributed by atoms with van der Waals surface area (Å²) in [6.45, 7) is 3.83. The van der Waals surface area contributed by atoms with Gasteiger partial charge in [0.2, 0.25) is 11.8 Å². The van der Waals surface area contributed by atoms with Crippen LogP contribution in [0.3, 0.4) is 0 Å². The van der Waals surface area contributed by atoms with Crippen LogP contribution >= 0.6 is 23.2 Å². The average Bonchev–Trinajstić information content (AvgIpc) is 3.34. The maximum Gasteiger partial charge on any atom is 0.257 e. The minimum absolute atomic E-state index is 0.0148. The quantitative estimate of drug-likeness (QED) is 0.609. The summed E-state index contributed by atoms with van der Waals surface area (Å²) in [4.78, 5) is 43.0. The summed E-state index contributed by atoms with van der Waals surface area (Å²) < 4.78 is 13.7. The van der Waals surface area contributed by atoms with Gasteiger partial charge in [0.05, 0.1) is 27.1 Å². The third-order valence-corrected chi connectivity index (χ3v) is 7.50. The Bertz CT molecular complexity index is 1270. The van der Waals surface area contributed by atoms with Crippen molar-refractivity contribution in [3.8, 4) is 6.07 Å². The molecule has 188 valence electrons. The Morgan fingerprint density at radius 1 is 1.28 bits per heavy atom. The van der Waals surface area contributed by atoms with E-state index in [0.717, 1.165) is 17.7 Å². The van der Waals surface area contributed by atoms with Crippen LogP contribution in [0.2, 0.25) is 10.0 Å². The fraction of sp³-hybridized carbons (Fsp3) is 0.385. The number of hydrogen-bond donors (Lipinski definition) is 1. The molecule has 0 aliphatic carbocycles. The van der Waals surface area contributed by atoms with E-state index in [2.05, 4.69) is 11.4 Å². The number of rotatable bonds is 5. The van der Waals surface area contributed by atoms with Crippen molar-refractivity contribution in [3.63, 3.8) is 0 Å². The predicted molar refractivity (Wildman–Crippen MR) is 134 cm³/mol. The molecular weight excluding hydrogens is 506 g/mol. The van der Waals surface area contributed by atoms with Crippen LogP contribution in [0.15, 0.2) is 36.4 Å². The lowest BCUT2D eigenvalue weighted by atomic mass is 9.80. The summed E-state index contributed by atoms with van der Waals surface area (Å²) in [5, 5.41) is 12.5. The highest BCUT2D eigenvalue weighted by Crippen LogP contribution is 2.46. The predicted octanol–water partition coefficient (Wildman–Crippen LogP) is 4.63. The second-order valence-corrected chi connectivity index (χ2v) is 10.5. The highest BCUT2D eigenvalue weighted by Gasteiger charge is 2.56. The molecular formula is C26H25Cl2FN4O3. The highest BCUT2D eigenvalue weighted by atomic mass is 35.5. The topological polar surface area (TPSA) is 93.5 Å². The van der Waals surface area contributed by atoms with Crippen molar-refractivity contribution < 1.29 is 18.8 Å². The molecule has 0 radical (unpaired) electrons. The van der Waals surface area contributed by atoms with Gasteiger partial charge in [0.25, 0.3) is 5.91 Å². The molecule has 36 heavy (non-hydrogen) atoms. The second-order valence-electron chi connectivity index (χ2n) is 9.70. The molecule has 1 N–H and O–H groups in total. The molecule has 0 aromatic heterocycles. The minimum atomic E-state index is -1.04. The number of anilines is 1. The number of likely N-dealkylation sites (N-methyl/N-ethyl adjacent to an activating group) is 1. The normalized spacial score (nSPS) is 21.3. The molecule has 1 fully saturated rings. The summed E-state index contributed by atoms with van der Waals surface area (Å²) in [5.41, 5.74) is 0.268. The fourth-order valence-corrected chi connectivity index (χ4v) is 5.73. The molecule has 3 atom stereocenters. The first-order valence-electron chi connectivity index (χ1n) is 11.5. The Hall–Kier alpha value is -3.15. The number of halogens is 3. The van der Waals surface area contributed by atoms with Crippen LogP contribution in [0.25, 0.3) is 0 Å². The maximum atomic E-state index is 13.9. The number of hydrogen-bond acceptors (Lipinski definition) is 4. The van der Waals surface area contributed by atoms with E-state index in [9.17, 15) is 24.0 Å². The first kappa shape index (κ1) is 25.9. The lowest BCUT2D eigenvalue weighted by molar-refractivity contribution is -0.136. The highest BCUT2D eigenvalue weighted by molar-refractivity contribution is 6.39. The van der Waals surface area contributed by atoms with Crippen LogP contribution in [0.4, 0.5) is 10.1 Å². The number of para-hydroxylation sites is 1. The Morgan fingerprint density at radius 3 is 2.53 bits per heavy atom.